The Labute approximate surface area is 173 Å². The fourth-order valence-corrected chi connectivity index (χ4v) is 3.62. The molecule has 4 rings (SSSR count). The number of para-hydroxylation sites is 1. The van der Waals surface area contributed by atoms with Crippen molar-refractivity contribution in [1.82, 2.24) is 15.1 Å². The number of rotatable bonds is 6. The second kappa shape index (κ2) is 8.48. The van der Waals surface area contributed by atoms with Crippen LogP contribution in [0.4, 0.5) is 0 Å². The minimum absolute atomic E-state index is 0.0224. The van der Waals surface area contributed by atoms with Gasteiger partial charge in [-0.3, -0.25) is 14.5 Å². The quantitative estimate of drug-likeness (QED) is 0.582. The molecule has 7 nitrogen and oxygen atoms in total. The Morgan fingerprint density at radius 2 is 2.00 bits per heavy atom. The maximum absolute atomic E-state index is 12.8. The largest absolute Gasteiger partial charge is 0.483 e. The van der Waals surface area contributed by atoms with Crippen LogP contribution in [0.5, 0.6) is 5.75 Å². The van der Waals surface area contributed by atoms with E-state index in [1.807, 2.05) is 23.1 Å². The van der Waals surface area contributed by atoms with Crippen molar-refractivity contribution >= 4 is 35.2 Å². The van der Waals surface area contributed by atoms with Crippen LogP contribution in [0.2, 0.25) is 0 Å². The average molecular weight is 411 g/mol. The molecule has 2 aromatic rings. The van der Waals surface area contributed by atoms with Crippen molar-refractivity contribution in [2.24, 2.45) is 0 Å². The normalized spacial score (nSPS) is 17.9. The summed E-state index contributed by atoms with van der Waals surface area (Å²) in [6.07, 6.45) is 5.32. The Bertz CT molecular complexity index is 949. The molecule has 150 valence electrons. The smallest absolute Gasteiger partial charge is 0.276 e. The molecule has 0 aliphatic carbocycles. The molecule has 0 atom stereocenters. The van der Waals surface area contributed by atoms with Crippen LogP contribution in [0.15, 0.2) is 52.8 Å². The molecule has 1 aromatic carbocycles. The molecule has 3 heterocycles. The van der Waals surface area contributed by atoms with Crippen molar-refractivity contribution in [2.45, 2.75) is 19.4 Å². The van der Waals surface area contributed by atoms with Crippen molar-refractivity contribution < 1.29 is 18.7 Å². The molecule has 2 amide bonds. The molecule has 29 heavy (non-hydrogen) atoms. The summed E-state index contributed by atoms with van der Waals surface area (Å²) in [6, 6.07) is 10.8. The molecule has 1 aromatic heterocycles. The summed E-state index contributed by atoms with van der Waals surface area (Å²) in [4.78, 5) is 28.3. The van der Waals surface area contributed by atoms with Gasteiger partial charge in [0.1, 0.15) is 17.2 Å². The van der Waals surface area contributed by atoms with Gasteiger partial charge in [-0.1, -0.05) is 18.2 Å². The summed E-state index contributed by atoms with van der Waals surface area (Å²) >= 11 is 5.29. The Morgan fingerprint density at radius 1 is 1.21 bits per heavy atom. The van der Waals surface area contributed by atoms with Crippen LogP contribution < -0.4 is 10.1 Å². The Kier molecular flexibility index (Phi) is 5.62. The number of amides is 2. The highest BCUT2D eigenvalue weighted by Gasteiger charge is 2.31. The fourth-order valence-electron chi connectivity index (χ4n) is 3.36. The standard InChI is InChI=1S/C21H21N3O4S/c25-19(23-9-3-4-10-23)14-28-18-8-2-1-6-15(18)12-17-20(26)24(21(29)22-17)13-16-7-5-11-27-16/h1-2,5-8,11-12H,3-4,9-10,13-14H2,(H,22,29)/b17-12-. The Balaban J connectivity index is 1.47. The van der Waals surface area contributed by atoms with Crippen LogP contribution in [0.3, 0.4) is 0 Å². The summed E-state index contributed by atoms with van der Waals surface area (Å²) < 4.78 is 11.1. The lowest BCUT2D eigenvalue weighted by Crippen LogP contribution is -2.32. The van der Waals surface area contributed by atoms with Crippen LogP contribution in [-0.4, -0.2) is 46.4 Å². The number of nitrogens with one attached hydrogen (secondary N) is 1. The summed E-state index contributed by atoms with van der Waals surface area (Å²) in [6.45, 7) is 1.81. The van der Waals surface area contributed by atoms with Crippen molar-refractivity contribution in [2.75, 3.05) is 19.7 Å². The van der Waals surface area contributed by atoms with E-state index in [4.69, 9.17) is 21.4 Å². The van der Waals surface area contributed by atoms with Crippen LogP contribution in [0.25, 0.3) is 6.08 Å². The Morgan fingerprint density at radius 3 is 2.76 bits per heavy atom. The zero-order valence-electron chi connectivity index (χ0n) is 15.8. The molecule has 2 aliphatic rings. The molecule has 2 saturated heterocycles. The highest BCUT2D eigenvalue weighted by Crippen LogP contribution is 2.24. The number of hydrogen-bond donors (Lipinski definition) is 1. The maximum Gasteiger partial charge on any atom is 0.276 e. The highest BCUT2D eigenvalue weighted by atomic mass is 32.1. The van der Waals surface area contributed by atoms with Gasteiger partial charge in [-0.25, -0.2) is 0 Å². The SMILES string of the molecule is O=C(COc1ccccc1/C=C1\NC(=S)N(Cc2ccco2)C1=O)N1CCCC1. The van der Waals surface area contributed by atoms with Crippen LogP contribution in [-0.2, 0) is 16.1 Å². The third-order valence-electron chi connectivity index (χ3n) is 4.89. The number of ether oxygens (including phenoxy) is 1. The van der Waals surface area contributed by atoms with Gasteiger partial charge in [-0.15, -0.1) is 0 Å². The zero-order valence-corrected chi connectivity index (χ0v) is 16.6. The summed E-state index contributed by atoms with van der Waals surface area (Å²) in [5.74, 6) is 0.922. The van der Waals surface area contributed by atoms with E-state index in [0.29, 0.717) is 27.9 Å². The second-order valence-corrected chi connectivity index (χ2v) is 7.26. The molecule has 0 radical (unpaired) electrons. The first-order valence-electron chi connectivity index (χ1n) is 9.48. The summed E-state index contributed by atoms with van der Waals surface area (Å²) in [5.41, 5.74) is 1.05. The number of carbonyl (C=O) groups is 2. The minimum Gasteiger partial charge on any atom is -0.483 e. The van der Waals surface area contributed by atoms with Gasteiger partial charge in [0, 0.05) is 18.7 Å². The third kappa shape index (κ3) is 4.32. The van der Waals surface area contributed by atoms with E-state index in [2.05, 4.69) is 5.32 Å². The number of benzene rings is 1. The predicted molar refractivity (Wildman–Crippen MR) is 111 cm³/mol. The van der Waals surface area contributed by atoms with Crippen molar-refractivity contribution in [3.8, 4) is 5.75 Å². The molecule has 2 aliphatic heterocycles. The molecular formula is C21H21N3O4S. The number of thiocarbonyl (C=S) groups is 1. The van der Waals surface area contributed by atoms with Gasteiger partial charge in [0.15, 0.2) is 11.7 Å². The number of hydrogen-bond acceptors (Lipinski definition) is 5. The number of nitrogens with zero attached hydrogens (tertiary/aromatic N) is 2. The summed E-state index contributed by atoms with van der Waals surface area (Å²) in [7, 11) is 0. The molecule has 2 fully saturated rings. The third-order valence-corrected chi connectivity index (χ3v) is 5.21. The monoisotopic (exact) mass is 411 g/mol. The van der Waals surface area contributed by atoms with Gasteiger partial charge < -0.3 is 19.4 Å². The van der Waals surface area contributed by atoms with Gasteiger partial charge >= 0.3 is 0 Å². The van der Waals surface area contributed by atoms with E-state index >= 15 is 0 Å². The van der Waals surface area contributed by atoms with Crippen LogP contribution in [0.1, 0.15) is 24.2 Å². The Hall–Kier alpha value is -3.13. The van der Waals surface area contributed by atoms with Gasteiger partial charge in [-0.05, 0) is 49.3 Å². The highest BCUT2D eigenvalue weighted by molar-refractivity contribution is 7.80. The first-order chi connectivity index (χ1) is 14.1. The van der Waals surface area contributed by atoms with Crippen molar-refractivity contribution in [3.05, 3.63) is 59.7 Å². The van der Waals surface area contributed by atoms with E-state index < -0.39 is 0 Å². The fraction of sp³-hybridized carbons (Fsp3) is 0.286. The maximum atomic E-state index is 12.8. The van der Waals surface area contributed by atoms with Crippen molar-refractivity contribution in [1.29, 1.82) is 0 Å². The van der Waals surface area contributed by atoms with E-state index in [-0.39, 0.29) is 25.0 Å². The van der Waals surface area contributed by atoms with Gasteiger partial charge in [0.2, 0.25) is 0 Å². The van der Waals surface area contributed by atoms with E-state index in [1.54, 1.807) is 30.5 Å². The van der Waals surface area contributed by atoms with Gasteiger partial charge in [0.05, 0.1) is 12.8 Å². The van der Waals surface area contributed by atoms with Crippen LogP contribution in [0, 0.1) is 0 Å². The molecule has 8 heteroatoms. The lowest BCUT2D eigenvalue weighted by Gasteiger charge is -2.16. The van der Waals surface area contributed by atoms with Gasteiger partial charge in [0.25, 0.3) is 11.8 Å². The number of furan rings is 1. The number of carbonyl (C=O) groups excluding carboxylic acids is 2. The van der Waals surface area contributed by atoms with E-state index in [0.717, 1.165) is 25.9 Å². The topological polar surface area (TPSA) is 75.0 Å². The number of likely N-dealkylation sites (tertiary alicyclic amines) is 1. The van der Waals surface area contributed by atoms with Gasteiger partial charge in [-0.2, -0.15) is 0 Å². The van der Waals surface area contributed by atoms with E-state index in [9.17, 15) is 9.59 Å². The first kappa shape index (κ1) is 19.2. The molecule has 0 unspecified atom stereocenters. The lowest BCUT2D eigenvalue weighted by atomic mass is 10.1. The molecular weight excluding hydrogens is 390 g/mol. The predicted octanol–water partition coefficient (Wildman–Crippen LogP) is 2.54. The minimum atomic E-state index is -0.241. The first-order valence-corrected chi connectivity index (χ1v) is 9.89. The average Bonchev–Trinajstić information content (AvgIpc) is 3.47. The molecule has 0 bridgehead atoms. The molecule has 0 spiro atoms. The molecule has 0 saturated carbocycles. The lowest BCUT2D eigenvalue weighted by molar-refractivity contribution is -0.132. The van der Waals surface area contributed by atoms with Crippen molar-refractivity contribution in [3.63, 3.8) is 0 Å². The second-order valence-electron chi connectivity index (χ2n) is 6.87. The van der Waals surface area contributed by atoms with E-state index in [1.165, 1.54) is 4.90 Å². The van der Waals surface area contributed by atoms with Crippen LogP contribution >= 0.6 is 12.2 Å². The molecule has 1 N–H and O–H groups in total. The summed E-state index contributed by atoms with van der Waals surface area (Å²) in [5, 5.41) is 3.27. The zero-order chi connectivity index (χ0) is 20.2.